The number of aryl methyl sites for hydroxylation is 1. The van der Waals surface area contributed by atoms with Gasteiger partial charge in [-0.3, -0.25) is 0 Å². The van der Waals surface area contributed by atoms with Gasteiger partial charge in [-0.25, -0.2) is 18.6 Å². The fraction of sp³-hybridized carbons (Fsp3) is 0.143. The van der Waals surface area contributed by atoms with Crippen molar-refractivity contribution in [1.82, 2.24) is 9.55 Å². The molecule has 1 N–H and O–H groups in total. The minimum atomic E-state index is -1.12. The Morgan fingerprint density at radius 2 is 1.93 bits per heavy atom. The molecule has 0 fully saturated rings. The first-order chi connectivity index (χ1) is 13.4. The highest BCUT2D eigenvalue weighted by molar-refractivity contribution is 6.30. The van der Waals surface area contributed by atoms with Crippen molar-refractivity contribution >= 4 is 39.4 Å². The third-order valence-electron chi connectivity index (χ3n) is 4.83. The van der Waals surface area contributed by atoms with Crippen molar-refractivity contribution < 1.29 is 18.7 Å². The highest BCUT2D eigenvalue weighted by Gasteiger charge is 2.21. The first-order valence-corrected chi connectivity index (χ1v) is 9.06. The van der Waals surface area contributed by atoms with Gasteiger partial charge in [0, 0.05) is 21.9 Å². The predicted molar refractivity (Wildman–Crippen MR) is 104 cm³/mol. The summed E-state index contributed by atoms with van der Waals surface area (Å²) in [5, 5.41) is 10.7. The van der Waals surface area contributed by atoms with Gasteiger partial charge in [-0.1, -0.05) is 36.7 Å². The quantitative estimate of drug-likeness (QED) is 0.465. The smallest absolute Gasteiger partial charge is 0.354 e. The fourth-order valence-electron chi connectivity index (χ4n) is 3.55. The summed E-state index contributed by atoms with van der Waals surface area (Å²) in [6, 6.07) is 11.1. The summed E-state index contributed by atoms with van der Waals surface area (Å²) in [6.45, 7) is 1.76. The molecule has 2 heterocycles. The van der Waals surface area contributed by atoms with E-state index in [1.54, 1.807) is 4.57 Å². The topological polar surface area (TPSA) is 55.1 Å². The molecule has 0 aliphatic rings. The van der Waals surface area contributed by atoms with Gasteiger partial charge >= 0.3 is 5.97 Å². The third-order valence-corrected chi connectivity index (χ3v) is 5.12. The van der Waals surface area contributed by atoms with Crippen LogP contribution in [0.15, 0.2) is 42.5 Å². The van der Waals surface area contributed by atoms with E-state index in [0.29, 0.717) is 23.0 Å². The largest absolute Gasteiger partial charge is 0.477 e. The average Bonchev–Trinajstić information content (AvgIpc) is 3.01. The van der Waals surface area contributed by atoms with Crippen LogP contribution in [0.1, 0.15) is 28.7 Å². The van der Waals surface area contributed by atoms with Crippen molar-refractivity contribution in [2.24, 2.45) is 0 Å². The van der Waals surface area contributed by atoms with Crippen molar-refractivity contribution in [2.45, 2.75) is 19.9 Å². The molecule has 0 saturated heterocycles. The number of fused-ring (bicyclic) bond motifs is 3. The summed E-state index contributed by atoms with van der Waals surface area (Å²) in [5.41, 5.74) is 1.73. The van der Waals surface area contributed by atoms with E-state index >= 15 is 0 Å². The highest BCUT2D eigenvalue weighted by Crippen LogP contribution is 2.33. The molecule has 2 aromatic carbocycles. The van der Waals surface area contributed by atoms with Gasteiger partial charge in [0.25, 0.3) is 0 Å². The minimum absolute atomic E-state index is 0.0626. The fourth-order valence-corrected chi connectivity index (χ4v) is 3.72. The molecule has 4 aromatic rings. The van der Waals surface area contributed by atoms with Crippen molar-refractivity contribution in [2.75, 3.05) is 0 Å². The van der Waals surface area contributed by atoms with Crippen LogP contribution in [-0.2, 0) is 13.0 Å². The molecular weight excluding hydrogens is 386 g/mol. The van der Waals surface area contributed by atoms with E-state index in [1.165, 1.54) is 12.1 Å². The van der Waals surface area contributed by atoms with Crippen LogP contribution in [0.2, 0.25) is 5.02 Å². The Kier molecular flexibility index (Phi) is 4.51. The lowest BCUT2D eigenvalue weighted by Crippen LogP contribution is -2.08. The van der Waals surface area contributed by atoms with Gasteiger partial charge in [-0.2, -0.15) is 0 Å². The lowest BCUT2D eigenvalue weighted by molar-refractivity contribution is 0.0690. The number of hydrogen-bond acceptors (Lipinski definition) is 2. The summed E-state index contributed by atoms with van der Waals surface area (Å²) in [6.07, 6.45) is 0.467. The SMILES string of the molecule is CCc1nc(C(=O)O)cc2c3ccccc3n(Cc3c(F)ccc(Cl)c3F)c12. The molecule has 0 bridgehead atoms. The number of carboxylic acids is 1. The normalized spacial score (nSPS) is 11.4. The Bertz CT molecular complexity index is 1250. The number of halogens is 3. The number of nitrogens with zero attached hydrogens (tertiary/aromatic N) is 2. The lowest BCUT2D eigenvalue weighted by atomic mass is 10.1. The van der Waals surface area contributed by atoms with Crippen LogP contribution >= 0.6 is 11.6 Å². The standard InChI is InChI=1S/C21H15ClF2N2O2/c1-2-16-20-12(9-17(25-16)21(27)28)11-5-3-4-6-18(11)26(20)10-13-15(23)8-7-14(22)19(13)24/h3-9H,2,10H2,1H3,(H,27,28). The van der Waals surface area contributed by atoms with E-state index in [0.717, 1.165) is 17.0 Å². The van der Waals surface area contributed by atoms with Gasteiger partial charge in [0.15, 0.2) is 0 Å². The molecule has 0 aliphatic carbocycles. The molecule has 4 rings (SSSR count). The maximum absolute atomic E-state index is 14.5. The average molecular weight is 401 g/mol. The van der Waals surface area contributed by atoms with E-state index in [1.807, 2.05) is 31.2 Å². The molecule has 0 atom stereocenters. The zero-order valence-electron chi connectivity index (χ0n) is 14.8. The Morgan fingerprint density at radius 1 is 1.18 bits per heavy atom. The van der Waals surface area contributed by atoms with E-state index < -0.39 is 17.6 Å². The molecular formula is C21H15ClF2N2O2. The molecule has 0 spiro atoms. The van der Waals surface area contributed by atoms with Crippen LogP contribution in [0.25, 0.3) is 21.8 Å². The molecule has 142 valence electrons. The molecule has 0 saturated carbocycles. The maximum atomic E-state index is 14.5. The first-order valence-electron chi connectivity index (χ1n) is 8.68. The number of carboxylic acid groups (broad SMARTS) is 1. The third kappa shape index (κ3) is 2.81. The first kappa shape index (κ1) is 18.4. The zero-order chi connectivity index (χ0) is 20.0. The second-order valence-electron chi connectivity index (χ2n) is 6.43. The van der Waals surface area contributed by atoms with Gasteiger partial charge in [0.05, 0.1) is 22.8 Å². The monoisotopic (exact) mass is 400 g/mol. The van der Waals surface area contributed by atoms with E-state index in [9.17, 15) is 18.7 Å². The Hall–Kier alpha value is -2.99. The van der Waals surface area contributed by atoms with Crippen molar-refractivity contribution in [3.05, 3.63) is 76.1 Å². The number of hydrogen-bond donors (Lipinski definition) is 1. The van der Waals surface area contributed by atoms with Crippen LogP contribution in [0.3, 0.4) is 0 Å². The summed E-state index contributed by atoms with van der Waals surface area (Å²) >= 11 is 5.85. The van der Waals surface area contributed by atoms with Crippen molar-refractivity contribution in [3.63, 3.8) is 0 Å². The summed E-state index contributed by atoms with van der Waals surface area (Å²) in [5.74, 6) is -2.62. The number of benzene rings is 2. The van der Waals surface area contributed by atoms with Crippen LogP contribution in [0.5, 0.6) is 0 Å². The number of aromatic nitrogens is 2. The molecule has 0 radical (unpaired) electrons. The molecule has 0 amide bonds. The Labute approximate surface area is 164 Å². The maximum Gasteiger partial charge on any atom is 0.354 e. The Balaban J connectivity index is 2.08. The molecule has 4 nitrogen and oxygen atoms in total. The van der Waals surface area contributed by atoms with Gasteiger partial charge in [0.1, 0.15) is 17.3 Å². The minimum Gasteiger partial charge on any atom is -0.477 e. The van der Waals surface area contributed by atoms with Crippen molar-refractivity contribution in [3.8, 4) is 0 Å². The van der Waals surface area contributed by atoms with Crippen LogP contribution in [0, 0.1) is 11.6 Å². The van der Waals surface area contributed by atoms with Crippen LogP contribution < -0.4 is 0 Å². The number of aromatic carboxylic acids is 1. The molecule has 0 unspecified atom stereocenters. The summed E-state index contributed by atoms with van der Waals surface area (Å²) in [4.78, 5) is 15.7. The van der Waals surface area contributed by atoms with Crippen LogP contribution in [-0.4, -0.2) is 20.6 Å². The lowest BCUT2D eigenvalue weighted by Gasteiger charge is -2.12. The van der Waals surface area contributed by atoms with Gasteiger partial charge in [-0.05, 0) is 30.7 Å². The number of rotatable bonds is 4. The highest BCUT2D eigenvalue weighted by atomic mass is 35.5. The van der Waals surface area contributed by atoms with E-state index in [4.69, 9.17) is 11.6 Å². The molecule has 2 aromatic heterocycles. The molecule has 0 aliphatic heterocycles. The second-order valence-corrected chi connectivity index (χ2v) is 6.84. The van der Waals surface area contributed by atoms with Gasteiger partial charge in [-0.15, -0.1) is 0 Å². The van der Waals surface area contributed by atoms with E-state index in [2.05, 4.69) is 4.98 Å². The summed E-state index contributed by atoms with van der Waals surface area (Å²) in [7, 11) is 0. The van der Waals surface area contributed by atoms with Crippen LogP contribution in [0.4, 0.5) is 8.78 Å². The number of para-hydroxylation sites is 1. The van der Waals surface area contributed by atoms with E-state index in [-0.39, 0.29) is 22.8 Å². The second kappa shape index (κ2) is 6.87. The van der Waals surface area contributed by atoms with Gasteiger partial charge in [0.2, 0.25) is 0 Å². The Morgan fingerprint density at radius 3 is 2.64 bits per heavy atom. The predicted octanol–water partition coefficient (Wildman–Crippen LogP) is 5.43. The number of carbonyl (C=O) groups is 1. The number of pyridine rings is 1. The zero-order valence-corrected chi connectivity index (χ0v) is 15.6. The molecule has 7 heteroatoms. The van der Waals surface area contributed by atoms with Crippen molar-refractivity contribution in [1.29, 1.82) is 0 Å². The summed E-state index contributed by atoms with van der Waals surface area (Å²) < 4.78 is 30.7. The molecule has 28 heavy (non-hydrogen) atoms. The van der Waals surface area contributed by atoms with Gasteiger partial charge < -0.3 is 9.67 Å².